The van der Waals surface area contributed by atoms with Crippen molar-refractivity contribution in [1.29, 1.82) is 0 Å². The van der Waals surface area contributed by atoms with Gasteiger partial charge in [0, 0.05) is 0 Å². The molecule has 15 heavy (non-hydrogen) atoms. The molecule has 0 saturated heterocycles. The fraction of sp³-hybridized carbons (Fsp3) is 0.467. The van der Waals surface area contributed by atoms with E-state index in [-0.39, 0.29) is 0 Å². The Bertz CT molecular complexity index is 249. The molecule has 0 heterocycles. The molecule has 0 aromatic heterocycles. The first-order valence-electron chi connectivity index (χ1n) is 5.67. The smallest absolute Gasteiger partial charge is 0.0230 e. The van der Waals surface area contributed by atoms with E-state index in [1.54, 1.807) is 0 Å². The van der Waals surface area contributed by atoms with Crippen molar-refractivity contribution >= 4 is 0 Å². The van der Waals surface area contributed by atoms with Gasteiger partial charge in [0.15, 0.2) is 0 Å². The second kappa shape index (κ2) is 8.28. The van der Waals surface area contributed by atoms with Crippen LogP contribution in [0, 0.1) is 5.92 Å². The van der Waals surface area contributed by atoms with Crippen LogP contribution in [0.3, 0.4) is 0 Å². The molecule has 0 amide bonds. The fourth-order valence-corrected chi connectivity index (χ4v) is 1.25. The quantitative estimate of drug-likeness (QED) is 0.402. The molecule has 0 aromatic rings. The van der Waals surface area contributed by atoms with Crippen LogP contribution in [0.15, 0.2) is 48.6 Å². The molecule has 1 atom stereocenters. The molecule has 0 aromatic carbocycles. The third-order valence-corrected chi connectivity index (χ3v) is 2.40. The first-order chi connectivity index (χ1) is 7.10. The van der Waals surface area contributed by atoms with E-state index in [1.807, 2.05) is 12.2 Å². The van der Waals surface area contributed by atoms with E-state index < -0.39 is 0 Å². The summed E-state index contributed by atoms with van der Waals surface area (Å²) in [5.74, 6) is 0.559. The Morgan fingerprint density at radius 3 is 2.33 bits per heavy atom. The molecule has 0 fully saturated rings. The van der Waals surface area contributed by atoms with Crippen molar-refractivity contribution in [1.82, 2.24) is 0 Å². The normalized spacial score (nSPS) is 13.1. The predicted octanol–water partition coefficient (Wildman–Crippen LogP) is 5.06. The van der Waals surface area contributed by atoms with Crippen LogP contribution in [0.4, 0.5) is 0 Å². The zero-order valence-corrected chi connectivity index (χ0v) is 10.4. The summed E-state index contributed by atoms with van der Waals surface area (Å²) in [6.45, 7) is 14.1. The molecule has 0 aliphatic heterocycles. The minimum atomic E-state index is 0.559. The lowest BCUT2D eigenvalue weighted by Crippen LogP contribution is -1.87. The maximum absolute atomic E-state index is 3.85. The Kier molecular flexibility index (Phi) is 7.71. The van der Waals surface area contributed by atoms with Gasteiger partial charge in [-0.1, -0.05) is 49.0 Å². The van der Waals surface area contributed by atoms with Crippen molar-refractivity contribution in [2.75, 3.05) is 0 Å². The van der Waals surface area contributed by atoms with E-state index >= 15 is 0 Å². The van der Waals surface area contributed by atoms with Crippen LogP contribution in [0.25, 0.3) is 0 Å². The Balaban J connectivity index is 4.06. The minimum Gasteiger partial charge on any atom is -0.103 e. The summed E-state index contributed by atoms with van der Waals surface area (Å²) in [7, 11) is 0. The Labute approximate surface area is 95.1 Å². The maximum atomic E-state index is 3.85. The summed E-state index contributed by atoms with van der Waals surface area (Å²) in [6, 6.07) is 0. The second-order valence-electron chi connectivity index (χ2n) is 4.25. The number of hydrogen-bond acceptors (Lipinski definition) is 0. The van der Waals surface area contributed by atoms with Crippen molar-refractivity contribution in [2.45, 2.75) is 40.0 Å². The largest absolute Gasteiger partial charge is 0.103 e. The Morgan fingerprint density at radius 2 is 1.87 bits per heavy atom. The van der Waals surface area contributed by atoms with Crippen LogP contribution in [0.1, 0.15) is 40.0 Å². The van der Waals surface area contributed by atoms with Crippen LogP contribution in [-0.4, -0.2) is 0 Å². The average molecular weight is 204 g/mol. The van der Waals surface area contributed by atoms with Gasteiger partial charge >= 0.3 is 0 Å². The van der Waals surface area contributed by atoms with Gasteiger partial charge in [-0.15, -0.1) is 6.58 Å². The van der Waals surface area contributed by atoms with Crippen LogP contribution >= 0.6 is 0 Å². The van der Waals surface area contributed by atoms with Gasteiger partial charge in [0.25, 0.3) is 0 Å². The first kappa shape index (κ1) is 14.0. The molecule has 0 radical (unpaired) electrons. The highest BCUT2D eigenvalue weighted by Gasteiger charge is 1.95. The van der Waals surface area contributed by atoms with E-state index in [0.717, 1.165) is 19.3 Å². The van der Waals surface area contributed by atoms with Crippen LogP contribution < -0.4 is 0 Å². The minimum absolute atomic E-state index is 0.559. The zero-order valence-electron chi connectivity index (χ0n) is 10.4. The summed E-state index contributed by atoms with van der Waals surface area (Å²) >= 11 is 0. The van der Waals surface area contributed by atoms with Gasteiger partial charge in [-0.05, 0) is 39.0 Å². The van der Waals surface area contributed by atoms with Gasteiger partial charge in [-0.3, -0.25) is 0 Å². The summed E-state index contributed by atoms with van der Waals surface area (Å²) in [6.07, 6.45) is 11.8. The van der Waals surface area contributed by atoms with E-state index in [0.29, 0.717) is 5.92 Å². The first-order valence-corrected chi connectivity index (χ1v) is 5.67. The summed E-state index contributed by atoms with van der Waals surface area (Å²) in [5.41, 5.74) is 2.74. The molecular weight excluding hydrogens is 180 g/mol. The average Bonchev–Trinajstić information content (AvgIpc) is 2.22. The Morgan fingerprint density at radius 1 is 1.20 bits per heavy atom. The van der Waals surface area contributed by atoms with Gasteiger partial charge in [0.2, 0.25) is 0 Å². The summed E-state index contributed by atoms with van der Waals surface area (Å²) < 4.78 is 0. The third-order valence-electron chi connectivity index (χ3n) is 2.40. The lowest BCUT2D eigenvalue weighted by Gasteiger charge is -2.03. The molecule has 84 valence electrons. The molecule has 0 bridgehead atoms. The van der Waals surface area contributed by atoms with Gasteiger partial charge in [0.1, 0.15) is 0 Å². The lowest BCUT2D eigenvalue weighted by molar-refractivity contribution is 0.741. The van der Waals surface area contributed by atoms with Gasteiger partial charge in [-0.25, -0.2) is 0 Å². The van der Waals surface area contributed by atoms with Crippen molar-refractivity contribution in [2.24, 2.45) is 5.92 Å². The number of rotatable bonds is 7. The zero-order chi connectivity index (χ0) is 11.7. The van der Waals surface area contributed by atoms with E-state index in [4.69, 9.17) is 0 Å². The van der Waals surface area contributed by atoms with Crippen molar-refractivity contribution < 1.29 is 0 Å². The van der Waals surface area contributed by atoms with Crippen LogP contribution in [-0.2, 0) is 0 Å². The molecule has 0 N–H and O–H groups in total. The highest BCUT2D eigenvalue weighted by atomic mass is 14.0. The van der Waals surface area contributed by atoms with Gasteiger partial charge in [-0.2, -0.15) is 0 Å². The van der Waals surface area contributed by atoms with E-state index in [1.165, 1.54) is 11.1 Å². The highest BCUT2D eigenvalue weighted by Crippen LogP contribution is 2.12. The van der Waals surface area contributed by atoms with Crippen molar-refractivity contribution in [3.63, 3.8) is 0 Å². The summed E-state index contributed by atoms with van der Waals surface area (Å²) in [5, 5.41) is 0. The molecule has 0 spiro atoms. The molecule has 0 nitrogen and oxygen atoms in total. The van der Waals surface area contributed by atoms with E-state index in [2.05, 4.69) is 46.1 Å². The van der Waals surface area contributed by atoms with Crippen molar-refractivity contribution in [3.8, 4) is 0 Å². The van der Waals surface area contributed by atoms with E-state index in [9.17, 15) is 0 Å². The maximum Gasteiger partial charge on any atom is -0.0230 e. The molecule has 0 saturated carbocycles. The molecular formula is C15H24. The monoisotopic (exact) mass is 204 g/mol. The van der Waals surface area contributed by atoms with Crippen LogP contribution in [0.2, 0.25) is 0 Å². The molecule has 0 aliphatic carbocycles. The third kappa shape index (κ3) is 7.99. The topological polar surface area (TPSA) is 0 Å². The second-order valence-corrected chi connectivity index (χ2v) is 4.25. The Hall–Kier alpha value is -1.04. The number of allylic oxidation sites excluding steroid dienone is 6. The van der Waals surface area contributed by atoms with Crippen LogP contribution in [0.5, 0.6) is 0 Å². The van der Waals surface area contributed by atoms with Crippen molar-refractivity contribution in [3.05, 3.63) is 48.6 Å². The fourth-order valence-electron chi connectivity index (χ4n) is 1.25. The van der Waals surface area contributed by atoms with Gasteiger partial charge < -0.3 is 0 Å². The molecule has 0 rings (SSSR count). The molecule has 0 aliphatic rings. The lowest BCUT2D eigenvalue weighted by atomic mass is 10.0. The SMILES string of the molecule is C=C/C(=C\CC(C)C=C)CCC=C(C)C. The standard InChI is InChI=1S/C15H24/c1-6-14(5)11-12-15(7-2)10-8-9-13(3)4/h6-7,9,12,14H,1-2,8,10-11H2,3-5H3/b15-12+. The summed E-state index contributed by atoms with van der Waals surface area (Å²) in [4.78, 5) is 0. The number of hydrogen-bond donors (Lipinski definition) is 0. The van der Waals surface area contributed by atoms with Gasteiger partial charge in [0.05, 0.1) is 0 Å². The molecule has 0 heteroatoms. The molecule has 1 unspecified atom stereocenters. The highest BCUT2D eigenvalue weighted by molar-refractivity contribution is 5.17. The predicted molar refractivity (Wildman–Crippen MR) is 70.9 cm³/mol.